The maximum atomic E-state index is 6.22. The lowest BCUT2D eigenvalue weighted by molar-refractivity contribution is -0.218. The van der Waals surface area contributed by atoms with E-state index in [4.69, 9.17) is 19.2 Å². The molecule has 1 atom stereocenters. The van der Waals surface area contributed by atoms with Crippen molar-refractivity contribution in [3.05, 3.63) is 165 Å². The van der Waals surface area contributed by atoms with Crippen LogP contribution in [0.1, 0.15) is 128 Å². The van der Waals surface area contributed by atoms with Crippen LogP contribution in [-0.4, -0.2) is 13.2 Å². The highest BCUT2D eigenvalue weighted by Gasteiger charge is 2.47. The average molecular weight is 761 g/mol. The second kappa shape index (κ2) is 20.4. The number of hydrogen-bond donors (Lipinski definition) is 0. The van der Waals surface area contributed by atoms with E-state index < -0.39 is 0 Å². The zero-order valence-corrected chi connectivity index (χ0v) is 34.1. The standard InChI is InChI=1S/C53H60O4/c1-3-5-7-9-38-54-48-30-26-41(27-31-48)14-11-15-45-16-12-17-46-34-36-53(51(45)46)37-35-47-18-13-19-50(52(47)53)57-56-40-44-24-22-42(23-25-44)20-21-43-28-32-49(33-29-43)55-39-10-8-6-4-2/h11-14,16-33H,3-10,15,34-40H2,1-2H3/b14-11+,21-20+. The average Bonchev–Trinajstić information content (AvgIpc) is 3.83. The topological polar surface area (TPSA) is 36.9 Å². The van der Waals surface area contributed by atoms with Gasteiger partial charge >= 0.3 is 0 Å². The van der Waals surface area contributed by atoms with Crippen LogP contribution in [-0.2, 0) is 36.2 Å². The predicted octanol–water partition coefficient (Wildman–Crippen LogP) is 13.7. The van der Waals surface area contributed by atoms with E-state index in [-0.39, 0.29) is 5.41 Å². The molecular formula is C53H60O4. The Kier molecular flexibility index (Phi) is 14.4. The van der Waals surface area contributed by atoms with Crippen molar-refractivity contribution in [3.8, 4) is 17.2 Å². The molecule has 0 aliphatic heterocycles. The second-order valence-electron chi connectivity index (χ2n) is 15.8. The van der Waals surface area contributed by atoms with E-state index in [1.54, 1.807) is 0 Å². The van der Waals surface area contributed by atoms with Crippen LogP contribution in [0.4, 0.5) is 0 Å². The van der Waals surface area contributed by atoms with Crippen LogP contribution in [0.3, 0.4) is 0 Å². The fourth-order valence-corrected chi connectivity index (χ4v) is 8.68. The summed E-state index contributed by atoms with van der Waals surface area (Å²) in [4.78, 5) is 12.2. The van der Waals surface area contributed by atoms with Crippen molar-refractivity contribution >= 4 is 18.2 Å². The third kappa shape index (κ3) is 10.5. The van der Waals surface area contributed by atoms with E-state index in [0.717, 1.165) is 92.1 Å². The Morgan fingerprint density at radius 3 is 1.68 bits per heavy atom. The van der Waals surface area contributed by atoms with Gasteiger partial charge < -0.3 is 14.4 Å². The molecule has 5 aromatic carbocycles. The summed E-state index contributed by atoms with van der Waals surface area (Å²) in [5.74, 6) is 2.74. The molecule has 4 nitrogen and oxygen atoms in total. The second-order valence-corrected chi connectivity index (χ2v) is 15.8. The van der Waals surface area contributed by atoms with Gasteiger partial charge in [0.05, 0.1) is 13.2 Å². The first kappa shape index (κ1) is 40.1. The minimum absolute atomic E-state index is 0.0548. The molecule has 0 heterocycles. The lowest BCUT2D eigenvalue weighted by Crippen LogP contribution is -2.24. The maximum absolute atomic E-state index is 6.22. The zero-order valence-electron chi connectivity index (χ0n) is 34.1. The molecule has 0 saturated heterocycles. The van der Waals surface area contributed by atoms with E-state index in [1.165, 1.54) is 71.9 Å². The van der Waals surface area contributed by atoms with Crippen LogP contribution in [0.5, 0.6) is 17.2 Å². The minimum atomic E-state index is -0.0548. The Labute approximate surface area is 341 Å². The largest absolute Gasteiger partial charge is 0.494 e. The highest BCUT2D eigenvalue weighted by atomic mass is 17.2. The summed E-state index contributed by atoms with van der Waals surface area (Å²) < 4.78 is 11.9. The highest BCUT2D eigenvalue weighted by Crippen LogP contribution is 2.56. The van der Waals surface area contributed by atoms with Gasteiger partial charge in [0.1, 0.15) is 18.1 Å². The van der Waals surface area contributed by atoms with Crippen LogP contribution in [0.25, 0.3) is 18.2 Å². The van der Waals surface area contributed by atoms with Gasteiger partial charge in [-0.05, 0) is 120 Å². The lowest BCUT2D eigenvalue weighted by atomic mass is 9.74. The van der Waals surface area contributed by atoms with E-state index in [9.17, 15) is 0 Å². The fraction of sp³-hybridized carbons (Fsp3) is 0.358. The molecule has 0 N–H and O–H groups in total. The first-order valence-electron chi connectivity index (χ1n) is 21.6. The monoisotopic (exact) mass is 760 g/mol. The van der Waals surface area contributed by atoms with E-state index >= 15 is 0 Å². The Hall–Kier alpha value is -5.06. The molecule has 1 unspecified atom stereocenters. The van der Waals surface area contributed by atoms with Gasteiger partial charge in [-0.3, -0.25) is 0 Å². The number of benzene rings is 5. The summed E-state index contributed by atoms with van der Waals surface area (Å²) in [6, 6.07) is 38.7. The molecule has 57 heavy (non-hydrogen) atoms. The summed E-state index contributed by atoms with van der Waals surface area (Å²) in [5, 5.41) is 0. The normalized spacial score (nSPS) is 15.8. The van der Waals surface area contributed by atoms with Gasteiger partial charge in [-0.1, -0.05) is 156 Å². The molecule has 0 aromatic heterocycles. The molecule has 7 rings (SSSR count). The molecule has 0 radical (unpaired) electrons. The van der Waals surface area contributed by atoms with Crippen molar-refractivity contribution in [2.75, 3.05) is 13.2 Å². The smallest absolute Gasteiger partial charge is 0.169 e. The summed E-state index contributed by atoms with van der Waals surface area (Å²) in [7, 11) is 0. The summed E-state index contributed by atoms with van der Waals surface area (Å²) in [5.41, 5.74) is 11.6. The third-order valence-corrected chi connectivity index (χ3v) is 11.7. The summed E-state index contributed by atoms with van der Waals surface area (Å²) in [6.45, 7) is 6.41. The van der Waals surface area contributed by atoms with Gasteiger partial charge in [0, 0.05) is 11.0 Å². The first-order valence-corrected chi connectivity index (χ1v) is 21.6. The van der Waals surface area contributed by atoms with Crippen LogP contribution >= 0.6 is 0 Å². The Bertz CT molecular complexity index is 2050. The van der Waals surface area contributed by atoms with Gasteiger partial charge in [-0.25, -0.2) is 0 Å². The molecule has 296 valence electrons. The number of unbranched alkanes of at least 4 members (excludes halogenated alkanes) is 6. The molecule has 0 saturated carbocycles. The van der Waals surface area contributed by atoms with Gasteiger partial charge in [0.2, 0.25) is 0 Å². The summed E-state index contributed by atoms with van der Waals surface area (Å²) in [6.07, 6.45) is 23.8. The van der Waals surface area contributed by atoms with Crippen LogP contribution in [0.15, 0.2) is 115 Å². The number of ether oxygens (including phenoxy) is 2. The molecule has 2 aliphatic carbocycles. The van der Waals surface area contributed by atoms with Gasteiger partial charge in [-0.2, -0.15) is 4.89 Å². The van der Waals surface area contributed by atoms with Crippen LogP contribution < -0.4 is 14.4 Å². The number of rotatable bonds is 21. The lowest BCUT2D eigenvalue weighted by Gasteiger charge is -2.30. The third-order valence-electron chi connectivity index (χ3n) is 11.7. The van der Waals surface area contributed by atoms with E-state index in [0.29, 0.717) is 6.61 Å². The Morgan fingerprint density at radius 2 is 1.09 bits per heavy atom. The number of hydrogen-bond acceptors (Lipinski definition) is 4. The van der Waals surface area contributed by atoms with Crippen molar-refractivity contribution in [1.29, 1.82) is 0 Å². The quantitative estimate of drug-likeness (QED) is 0.0323. The van der Waals surface area contributed by atoms with Crippen molar-refractivity contribution in [3.63, 3.8) is 0 Å². The van der Waals surface area contributed by atoms with Crippen molar-refractivity contribution in [1.82, 2.24) is 0 Å². The molecule has 0 amide bonds. The predicted molar refractivity (Wildman–Crippen MR) is 236 cm³/mol. The first-order chi connectivity index (χ1) is 28.1. The van der Waals surface area contributed by atoms with Gasteiger partial charge in [-0.15, -0.1) is 0 Å². The summed E-state index contributed by atoms with van der Waals surface area (Å²) >= 11 is 0. The Morgan fingerprint density at radius 1 is 0.544 bits per heavy atom. The maximum Gasteiger partial charge on any atom is 0.169 e. The number of aryl methyl sites for hydroxylation is 2. The van der Waals surface area contributed by atoms with Crippen molar-refractivity contribution in [2.24, 2.45) is 0 Å². The number of fused-ring (bicyclic) bond motifs is 4. The molecule has 1 spiro atoms. The van der Waals surface area contributed by atoms with E-state index in [1.807, 2.05) is 0 Å². The van der Waals surface area contributed by atoms with Crippen LogP contribution in [0.2, 0.25) is 0 Å². The minimum Gasteiger partial charge on any atom is -0.494 e. The number of allylic oxidation sites excluding steroid dienone is 1. The molecule has 0 fully saturated rings. The molecule has 5 aromatic rings. The molecule has 4 heteroatoms. The van der Waals surface area contributed by atoms with Crippen molar-refractivity contribution < 1.29 is 19.2 Å². The highest BCUT2D eigenvalue weighted by molar-refractivity contribution is 5.70. The van der Waals surface area contributed by atoms with Gasteiger partial charge in [0.25, 0.3) is 0 Å². The van der Waals surface area contributed by atoms with Crippen molar-refractivity contribution in [2.45, 2.75) is 109 Å². The molecular weight excluding hydrogens is 701 g/mol. The SMILES string of the molecule is CCCCCCOc1ccc(/C=C/Cc2cccc3c2C2(CC3)CCc3cccc(OOCc4ccc(/C=C/c5ccc(OCCCCCC)cc5)cc4)c32)cc1. The molecule has 0 bridgehead atoms. The van der Waals surface area contributed by atoms with Gasteiger partial charge in [0.15, 0.2) is 5.75 Å². The van der Waals surface area contributed by atoms with Crippen LogP contribution in [0, 0.1) is 0 Å². The zero-order chi connectivity index (χ0) is 39.1. The molecule has 2 aliphatic rings. The van der Waals surface area contributed by atoms with E-state index in [2.05, 4.69) is 147 Å². The fourth-order valence-electron chi connectivity index (χ4n) is 8.68. The Balaban J connectivity index is 0.949.